The Balaban J connectivity index is 2.19. The van der Waals surface area contributed by atoms with Crippen LogP contribution >= 0.6 is 11.8 Å². The van der Waals surface area contributed by atoms with Gasteiger partial charge in [0.15, 0.2) is 0 Å². The van der Waals surface area contributed by atoms with Crippen molar-refractivity contribution in [3.05, 3.63) is 24.3 Å². The molecule has 1 N–H and O–H groups in total. The Bertz CT molecular complexity index is 394. The first-order valence-corrected chi connectivity index (χ1v) is 6.71. The van der Waals surface area contributed by atoms with Crippen molar-refractivity contribution in [2.75, 3.05) is 23.5 Å². The predicted molar refractivity (Wildman–Crippen MR) is 66.9 cm³/mol. The lowest BCUT2D eigenvalue weighted by Crippen LogP contribution is -2.27. The number of thioether (sulfide) groups is 1. The molecule has 1 heterocycles. The molecule has 3 nitrogen and oxygen atoms in total. The fraction of sp³-hybridized carbons (Fsp3) is 0.417. The van der Waals surface area contributed by atoms with Crippen LogP contribution in [0.3, 0.4) is 0 Å². The first-order chi connectivity index (χ1) is 7.74. The molecule has 1 aromatic rings. The molecule has 0 aliphatic carbocycles. The lowest BCUT2D eigenvalue weighted by Gasteiger charge is -2.17. The van der Waals surface area contributed by atoms with Crippen LogP contribution in [0.4, 0.5) is 5.69 Å². The van der Waals surface area contributed by atoms with Gasteiger partial charge in [-0.25, -0.2) is 0 Å². The van der Waals surface area contributed by atoms with E-state index in [2.05, 4.69) is 0 Å². The zero-order valence-electron chi connectivity index (χ0n) is 9.22. The van der Waals surface area contributed by atoms with Gasteiger partial charge in [-0.1, -0.05) is 12.1 Å². The third kappa shape index (κ3) is 2.02. The van der Waals surface area contributed by atoms with Crippen LogP contribution in [0.5, 0.6) is 5.75 Å². The number of phenolic OH excluding ortho intramolecular Hbond substituents is 1. The maximum absolute atomic E-state index is 12.0. The molecular weight excluding hydrogens is 222 g/mol. The molecule has 1 unspecified atom stereocenters. The standard InChI is InChI=1S/C12H15NO2S/c1-16-8-9-6-7-13(12(9)15)10-4-2-3-5-11(10)14/h2-5,9,14H,6-8H2,1H3. The van der Waals surface area contributed by atoms with Crippen LogP contribution in [-0.2, 0) is 4.79 Å². The van der Waals surface area contributed by atoms with Crippen molar-refractivity contribution in [3.8, 4) is 5.75 Å². The van der Waals surface area contributed by atoms with Crippen LogP contribution in [-0.4, -0.2) is 29.6 Å². The Morgan fingerprint density at radius 1 is 1.50 bits per heavy atom. The third-order valence-electron chi connectivity index (χ3n) is 2.86. The quantitative estimate of drug-likeness (QED) is 0.875. The van der Waals surface area contributed by atoms with E-state index in [9.17, 15) is 9.90 Å². The normalized spacial score (nSPS) is 20.4. The van der Waals surface area contributed by atoms with Crippen LogP contribution in [0, 0.1) is 5.92 Å². The van der Waals surface area contributed by atoms with E-state index < -0.39 is 0 Å². The van der Waals surface area contributed by atoms with Gasteiger partial charge in [-0.05, 0) is 24.8 Å². The van der Waals surface area contributed by atoms with Crippen LogP contribution in [0.2, 0.25) is 0 Å². The van der Waals surface area contributed by atoms with E-state index in [1.54, 1.807) is 34.9 Å². The van der Waals surface area contributed by atoms with E-state index in [0.29, 0.717) is 12.2 Å². The third-order valence-corrected chi connectivity index (χ3v) is 3.59. The molecule has 1 amide bonds. The Morgan fingerprint density at radius 3 is 2.94 bits per heavy atom. The molecule has 1 aromatic carbocycles. The van der Waals surface area contributed by atoms with Crippen molar-refractivity contribution in [2.45, 2.75) is 6.42 Å². The highest BCUT2D eigenvalue weighted by molar-refractivity contribution is 7.98. The molecule has 1 atom stereocenters. The van der Waals surface area contributed by atoms with Crippen molar-refractivity contribution in [2.24, 2.45) is 5.92 Å². The van der Waals surface area contributed by atoms with Crippen molar-refractivity contribution >= 4 is 23.4 Å². The summed E-state index contributed by atoms with van der Waals surface area (Å²) in [5.74, 6) is 1.29. The van der Waals surface area contributed by atoms with E-state index in [4.69, 9.17) is 0 Å². The summed E-state index contributed by atoms with van der Waals surface area (Å²) < 4.78 is 0. The number of carbonyl (C=O) groups is 1. The summed E-state index contributed by atoms with van der Waals surface area (Å²) in [5.41, 5.74) is 0.635. The van der Waals surface area contributed by atoms with Crippen molar-refractivity contribution < 1.29 is 9.90 Å². The Labute approximate surface area is 99.5 Å². The van der Waals surface area contributed by atoms with Crippen molar-refractivity contribution in [3.63, 3.8) is 0 Å². The second kappa shape index (κ2) is 4.78. The van der Waals surface area contributed by atoms with Crippen LogP contribution in [0.1, 0.15) is 6.42 Å². The smallest absolute Gasteiger partial charge is 0.231 e. The molecule has 0 spiro atoms. The summed E-state index contributed by atoms with van der Waals surface area (Å²) in [4.78, 5) is 13.7. The Hall–Kier alpha value is -1.16. The zero-order valence-corrected chi connectivity index (χ0v) is 10.0. The summed E-state index contributed by atoms with van der Waals surface area (Å²) >= 11 is 1.69. The van der Waals surface area contributed by atoms with Gasteiger partial charge in [0.2, 0.25) is 5.91 Å². The monoisotopic (exact) mass is 237 g/mol. The number of benzene rings is 1. The Morgan fingerprint density at radius 2 is 2.25 bits per heavy atom. The summed E-state index contributed by atoms with van der Waals surface area (Å²) in [5, 5.41) is 9.71. The number of aromatic hydroxyl groups is 1. The molecule has 0 radical (unpaired) electrons. The first kappa shape index (κ1) is 11.3. The topological polar surface area (TPSA) is 40.5 Å². The summed E-state index contributed by atoms with van der Waals surface area (Å²) in [6, 6.07) is 7.00. The zero-order chi connectivity index (χ0) is 11.5. The molecule has 0 saturated carbocycles. The molecule has 4 heteroatoms. The average molecular weight is 237 g/mol. The SMILES string of the molecule is CSCC1CCN(c2ccccc2O)C1=O. The molecule has 2 rings (SSSR count). The van der Waals surface area contributed by atoms with Crippen molar-refractivity contribution in [1.29, 1.82) is 0 Å². The lowest BCUT2D eigenvalue weighted by atomic mass is 10.1. The van der Waals surface area contributed by atoms with Crippen LogP contribution in [0.15, 0.2) is 24.3 Å². The number of hydrogen-bond donors (Lipinski definition) is 1. The van der Waals surface area contributed by atoms with E-state index in [0.717, 1.165) is 12.2 Å². The number of phenols is 1. The van der Waals surface area contributed by atoms with Gasteiger partial charge in [-0.15, -0.1) is 0 Å². The lowest BCUT2D eigenvalue weighted by molar-refractivity contribution is -0.119. The van der Waals surface area contributed by atoms with Gasteiger partial charge in [0.1, 0.15) is 5.75 Å². The van der Waals surface area contributed by atoms with Gasteiger partial charge >= 0.3 is 0 Å². The van der Waals surface area contributed by atoms with E-state index >= 15 is 0 Å². The number of carbonyl (C=O) groups excluding carboxylic acids is 1. The van der Waals surface area contributed by atoms with Crippen LogP contribution in [0.25, 0.3) is 0 Å². The van der Waals surface area contributed by atoms with Gasteiger partial charge in [0.05, 0.1) is 5.69 Å². The minimum Gasteiger partial charge on any atom is -0.506 e. The van der Waals surface area contributed by atoms with Crippen LogP contribution < -0.4 is 4.90 Å². The highest BCUT2D eigenvalue weighted by Crippen LogP contribution is 2.32. The Kier molecular flexibility index (Phi) is 3.39. The molecule has 86 valence electrons. The number of anilines is 1. The largest absolute Gasteiger partial charge is 0.506 e. The number of nitrogens with zero attached hydrogens (tertiary/aromatic N) is 1. The second-order valence-corrected chi connectivity index (χ2v) is 4.83. The molecule has 1 saturated heterocycles. The first-order valence-electron chi connectivity index (χ1n) is 5.32. The van der Waals surface area contributed by atoms with E-state index in [-0.39, 0.29) is 17.6 Å². The highest BCUT2D eigenvalue weighted by atomic mass is 32.2. The molecule has 0 aromatic heterocycles. The van der Waals surface area contributed by atoms with Gasteiger partial charge in [0, 0.05) is 18.2 Å². The number of amides is 1. The van der Waals surface area contributed by atoms with E-state index in [1.807, 2.05) is 12.3 Å². The fourth-order valence-electron chi connectivity index (χ4n) is 2.03. The molecule has 0 bridgehead atoms. The molecular formula is C12H15NO2S. The number of rotatable bonds is 3. The van der Waals surface area contributed by atoms with Gasteiger partial charge in [0.25, 0.3) is 0 Å². The molecule has 1 aliphatic rings. The summed E-state index contributed by atoms with van der Waals surface area (Å²) in [7, 11) is 0. The molecule has 16 heavy (non-hydrogen) atoms. The maximum atomic E-state index is 12.0. The average Bonchev–Trinajstić information content (AvgIpc) is 2.62. The van der Waals surface area contributed by atoms with Gasteiger partial charge in [-0.2, -0.15) is 11.8 Å². The van der Waals surface area contributed by atoms with Crippen molar-refractivity contribution in [1.82, 2.24) is 0 Å². The predicted octanol–water partition coefficient (Wildman–Crippen LogP) is 2.11. The second-order valence-electron chi connectivity index (χ2n) is 3.92. The van der Waals surface area contributed by atoms with Gasteiger partial charge in [-0.3, -0.25) is 4.79 Å². The van der Waals surface area contributed by atoms with E-state index in [1.165, 1.54) is 0 Å². The highest BCUT2D eigenvalue weighted by Gasteiger charge is 2.32. The minimum atomic E-state index is 0.106. The van der Waals surface area contributed by atoms with Gasteiger partial charge < -0.3 is 10.0 Å². The maximum Gasteiger partial charge on any atom is 0.231 e. The summed E-state index contributed by atoms with van der Waals surface area (Å²) in [6.07, 6.45) is 2.89. The number of para-hydroxylation sites is 2. The minimum absolute atomic E-state index is 0.106. The molecule has 1 fully saturated rings. The summed E-state index contributed by atoms with van der Waals surface area (Å²) in [6.45, 7) is 0.710. The fourth-order valence-corrected chi connectivity index (χ4v) is 2.74. The molecule has 1 aliphatic heterocycles. The number of hydrogen-bond acceptors (Lipinski definition) is 3.